The maximum Gasteiger partial charge on any atom is 0.213 e. The van der Waals surface area contributed by atoms with E-state index in [4.69, 9.17) is 10.1 Å². The predicted octanol–water partition coefficient (Wildman–Crippen LogP) is 2.95. The van der Waals surface area contributed by atoms with Crippen molar-refractivity contribution in [1.29, 1.82) is 5.41 Å². The molecule has 0 radical (unpaired) electrons. The molecule has 0 atom stereocenters. The quantitative estimate of drug-likeness (QED) is 0.631. The Morgan fingerprint density at radius 3 is 2.85 bits per heavy atom. The number of benzene rings is 1. The molecule has 0 saturated carbocycles. The zero-order chi connectivity index (χ0) is 9.84. The smallest absolute Gasteiger partial charge is 0.213 e. The Bertz CT molecular complexity index is 327. The first kappa shape index (κ1) is 10.2. The van der Waals surface area contributed by atoms with Gasteiger partial charge < -0.3 is 4.74 Å². The average Bonchev–Trinajstić information content (AvgIpc) is 2.10. The van der Waals surface area contributed by atoms with Gasteiger partial charge in [-0.25, -0.2) is 4.39 Å². The molecule has 0 heterocycles. The third kappa shape index (κ3) is 2.52. The van der Waals surface area contributed by atoms with Gasteiger partial charge in [-0.2, -0.15) is 0 Å². The minimum atomic E-state index is -0.340. The topological polar surface area (TPSA) is 33.1 Å². The molecule has 0 fully saturated rings. The molecule has 1 N–H and O–H groups in total. The summed E-state index contributed by atoms with van der Waals surface area (Å²) in [5.41, 5.74) is 0.565. The number of rotatable bonds is 2. The lowest BCUT2D eigenvalue weighted by atomic mass is 10.2. The van der Waals surface area contributed by atoms with E-state index in [0.29, 0.717) is 16.6 Å². The summed E-state index contributed by atoms with van der Waals surface area (Å²) >= 11 is 3.04. The Balaban J connectivity index is 2.90. The summed E-state index contributed by atoms with van der Waals surface area (Å²) in [6.07, 6.45) is 0. The molecule has 0 spiro atoms. The summed E-state index contributed by atoms with van der Waals surface area (Å²) in [7, 11) is 0. The molecule has 0 aromatic heterocycles. The predicted molar refractivity (Wildman–Crippen MR) is 52.6 cm³/mol. The van der Waals surface area contributed by atoms with Gasteiger partial charge in [0.1, 0.15) is 5.82 Å². The maximum absolute atomic E-state index is 12.8. The highest BCUT2D eigenvalue weighted by Gasteiger charge is 2.05. The van der Waals surface area contributed by atoms with Crippen molar-refractivity contribution in [1.82, 2.24) is 0 Å². The lowest BCUT2D eigenvalue weighted by Gasteiger charge is -2.04. The molecule has 0 aliphatic carbocycles. The summed E-state index contributed by atoms with van der Waals surface area (Å²) < 4.78 is 18.1. The van der Waals surface area contributed by atoms with Gasteiger partial charge in [-0.3, -0.25) is 5.41 Å². The molecule has 2 nitrogen and oxygen atoms in total. The third-order valence-corrected chi connectivity index (χ3v) is 2.08. The Kier molecular flexibility index (Phi) is 3.42. The van der Waals surface area contributed by atoms with Crippen LogP contribution in [0.3, 0.4) is 0 Å². The Morgan fingerprint density at radius 1 is 1.62 bits per heavy atom. The largest absolute Gasteiger partial charge is 0.478 e. The molecule has 13 heavy (non-hydrogen) atoms. The first-order chi connectivity index (χ1) is 6.15. The molecule has 1 aromatic rings. The second-order valence-electron chi connectivity index (χ2n) is 2.39. The van der Waals surface area contributed by atoms with Crippen molar-refractivity contribution in [2.75, 3.05) is 6.61 Å². The van der Waals surface area contributed by atoms with Crippen LogP contribution in [-0.2, 0) is 4.74 Å². The summed E-state index contributed by atoms with van der Waals surface area (Å²) in [5, 5.41) is 7.43. The van der Waals surface area contributed by atoms with Gasteiger partial charge in [0.05, 0.1) is 11.1 Å². The summed E-state index contributed by atoms with van der Waals surface area (Å²) in [6, 6.07) is 4.33. The van der Waals surface area contributed by atoms with Crippen molar-refractivity contribution in [2.45, 2.75) is 6.92 Å². The molecule has 0 unspecified atom stereocenters. The lowest BCUT2D eigenvalue weighted by Crippen LogP contribution is -2.04. The van der Waals surface area contributed by atoms with Crippen LogP contribution < -0.4 is 0 Å². The van der Waals surface area contributed by atoms with E-state index in [1.54, 1.807) is 6.92 Å². The standard InChI is InChI=1S/C9H9BrFNO/c1-2-13-9(12)6-3-4-8(11)7(10)5-6/h3-5,12H,2H2,1H3. The minimum absolute atomic E-state index is 0.0585. The first-order valence-electron chi connectivity index (χ1n) is 3.82. The fraction of sp³-hybridized carbons (Fsp3) is 0.222. The Labute approximate surface area is 84.4 Å². The molecule has 0 bridgehead atoms. The molecule has 0 saturated heterocycles. The van der Waals surface area contributed by atoms with Crippen LogP contribution in [-0.4, -0.2) is 12.5 Å². The number of ether oxygens (including phenoxy) is 1. The van der Waals surface area contributed by atoms with Crippen molar-refractivity contribution in [2.24, 2.45) is 0 Å². The molecular formula is C9H9BrFNO. The van der Waals surface area contributed by atoms with Gasteiger partial charge in [-0.05, 0) is 41.1 Å². The van der Waals surface area contributed by atoms with Gasteiger partial charge in [0, 0.05) is 5.56 Å². The van der Waals surface area contributed by atoms with Crippen molar-refractivity contribution < 1.29 is 9.13 Å². The van der Waals surface area contributed by atoms with Crippen LogP contribution in [0.2, 0.25) is 0 Å². The van der Waals surface area contributed by atoms with Crippen molar-refractivity contribution in [3.05, 3.63) is 34.1 Å². The van der Waals surface area contributed by atoms with Crippen molar-refractivity contribution in [3.8, 4) is 0 Å². The van der Waals surface area contributed by atoms with Gasteiger partial charge in [-0.1, -0.05) is 0 Å². The fourth-order valence-corrected chi connectivity index (χ4v) is 1.24. The van der Waals surface area contributed by atoms with E-state index < -0.39 is 0 Å². The van der Waals surface area contributed by atoms with Crippen LogP contribution in [0, 0.1) is 11.2 Å². The highest BCUT2D eigenvalue weighted by Crippen LogP contribution is 2.17. The third-order valence-electron chi connectivity index (χ3n) is 1.47. The minimum Gasteiger partial charge on any atom is -0.478 e. The first-order valence-corrected chi connectivity index (χ1v) is 4.61. The zero-order valence-corrected chi connectivity index (χ0v) is 8.69. The van der Waals surface area contributed by atoms with E-state index in [1.807, 2.05) is 0 Å². The monoisotopic (exact) mass is 245 g/mol. The van der Waals surface area contributed by atoms with Crippen LogP contribution in [0.4, 0.5) is 4.39 Å². The van der Waals surface area contributed by atoms with Crippen molar-refractivity contribution in [3.63, 3.8) is 0 Å². The van der Waals surface area contributed by atoms with E-state index in [2.05, 4.69) is 15.9 Å². The second kappa shape index (κ2) is 4.37. The molecule has 1 aromatic carbocycles. The normalized spacial score (nSPS) is 9.77. The molecule has 1 rings (SSSR count). The van der Waals surface area contributed by atoms with E-state index >= 15 is 0 Å². The van der Waals surface area contributed by atoms with Gasteiger partial charge in [0.2, 0.25) is 5.90 Å². The zero-order valence-electron chi connectivity index (χ0n) is 7.10. The van der Waals surface area contributed by atoms with Gasteiger partial charge in [-0.15, -0.1) is 0 Å². The van der Waals surface area contributed by atoms with Crippen LogP contribution in [0.5, 0.6) is 0 Å². The highest BCUT2D eigenvalue weighted by atomic mass is 79.9. The number of hydrogen-bond donors (Lipinski definition) is 1. The van der Waals surface area contributed by atoms with E-state index in [0.717, 1.165) is 0 Å². The van der Waals surface area contributed by atoms with Crippen molar-refractivity contribution >= 4 is 21.8 Å². The van der Waals surface area contributed by atoms with E-state index in [-0.39, 0.29) is 11.7 Å². The lowest BCUT2D eigenvalue weighted by molar-refractivity contribution is 0.325. The maximum atomic E-state index is 12.8. The number of halogens is 2. The number of nitrogens with one attached hydrogen (secondary N) is 1. The molecule has 0 aliphatic heterocycles. The molecular weight excluding hydrogens is 237 g/mol. The van der Waals surface area contributed by atoms with E-state index in [9.17, 15) is 4.39 Å². The van der Waals surface area contributed by atoms with Gasteiger partial charge in [0.25, 0.3) is 0 Å². The van der Waals surface area contributed by atoms with E-state index in [1.165, 1.54) is 18.2 Å². The average molecular weight is 246 g/mol. The Hall–Kier alpha value is -0.900. The summed E-state index contributed by atoms with van der Waals surface area (Å²) in [5.74, 6) is -0.281. The molecule has 4 heteroatoms. The Morgan fingerprint density at radius 2 is 2.31 bits per heavy atom. The SMILES string of the molecule is CCOC(=N)c1ccc(F)c(Br)c1. The van der Waals surface area contributed by atoms with Gasteiger partial charge in [0.15, 0.2) is 0 Å². The molecule has 70 valence electrons. The summed E-state index contributed by atoms with van der Waals surface area (Å²) in [4.78, 5) is 0. The molecule has 0 aliphatic rings. The fourth-order valence-electron chi connectivity index (χ4n) is 0.865. The van der Waals surface area contributed by atoms with Crippen LogP contribution in [0.15, 0.2) is 22.7 Å². The van der Waals surface area contributed by atoms with Crippen LogP contribution in [0.25, 0.3) is 0 Å². The highest BCUT2D eigenvalue weighted by molar-refractivity contribution is 9.10. The van der Waals surface area contributed by atoms with Crippen LogP contribution >= 0.6 is 15.9 Å². The summed E-state index contributed by atoms with van der Waals surface area (Å²) in [6.45, 7) is 2.24. The number of hydrogen-bond acceptors (Lipinski definition) is 2. The van der Waals surface area contributed by atoms with Gasteiger partial charge >= 0.3 is 0 Å². The second-order valence-corrected chi connectivity index (χ2v) is 3.25. The molecule has 0 amide bonds. The van der Waals surface area contributed by atoms with Crippen LogP contribution in [0.1, 0.15) is 12.5 Å².